The van der Waals surface area contributed by atoms with Gasteiger partial charge in [0.25, 0.3) is 5.69 Å². The minimum absolute atomic E-state index is 0.0407. The number of nitro groups is 1. The van der Waals surface area contributed by atoms with E-state index in [1.54, 1.807) is 6.07 Å². The van der Waals surface area contributed by atoms with Gasteiger partial charge in [-0.15, -0.1) is 0 Å². The van der Waals surface area contributed by atoms with Crippen molar-refractivity contribution < 1.29 is 9.66 Å². The highest BCUT2D eigenvalue weighted by molar-refractivity contribution is 9.10. The number of hydrogen-bond donors (Lipinski definition) is 1. The minimum atomic E-state index is -0.422. The fourth-order valence-corrected chi connectivity index (χ4v) is 2.27. The normalized spacial score (nSPS) is 19.2. The van der Waals surface area contributed by atoms with Crippen molar-refractivity contribution in [3.8, 4) is 5.75 Å². The van der Waals surface area contributed by atoms with Gasteiger partial charge in [0, 0.05) is 23.0 Å². The lowest BCUT2D eigenvalue weighted by Gasteiger charge is -2.10. The molecule has 0 saturated carbocycles. The second-order valence-corrected chi connectivity index (χ2v) is 4.99. The second kappa shape index (κ2) is 5.46. The Balaban J connectivity index is 2.01. The monoisotopic (exact) mass is 300 g/mol. The van der Waals surface area contributed by atoms with E-state index in [9.17, 15) is 10.1 Å². The summed E-state index contributed by atoms with van der Waals surface area (Å²) in [5.74, 6) is 1.03. The first kappa shape index (κ1) is 12.3. The maximum atomic E-state index is 10.7. The van der Waals surface area contributed by atoms with Crippen molar-refractivity contribution in [2.45, 2.75) is 6.42 Å². The highest BCUT2D eigenvalue weighted by atomic mass is 79.9. The zero-order valence-corrected chi connectivity index (χ0v) is 10.8. The number of halogens is 1. The predicted molar refractivity (Wildman–Crippen MR) is 67.3 cm³/mol. The molecule has 1 aliphatic heterocycles. The Morgan fingerprint density at radius 1 is 1.53 bits per heavy atom. The molecule has 5 nitrogen and oxygen atoms in total. The molecule has 0 aliphatic carbocycles. The standard InChI is InChI=1S/C11H13BrN2O3/c12-9-3-10(14(15)16)5-11(4-9)17-7-8-1-2-13-6-8/h3-5,8,13H,1-2,6-7H2. The molecule has 17 heavy (non-hydrogen) atoms. The number of nitrogens with one attached hydrogen (secondary N) is 1. The zero-order chi connectivity index (χ0) is 12.3. The lowest BCUT2D eigenvalue weighted by Crippen LogP contribution is -2.15. The average Bonchev–Trinajstić information content (AvgIpc) is 2.78. The molecule has 1 aromatic carbocycles. The topological polar surface area (TPSA) is 64.4 Å². The summed E-state index contributed by atoms with van der Waals surface area (Å²) in [6.45, 7) is 2.57. The van der Waals surface area contributed by atoms with Gasteiger partial charge in [-0.3, -0.25) is 10.1 Å². The van der Waals surface area contributed by atoms with E-state index in [1.165, 1.54) is 12.1 Å². The third kappa shape index (κ3) is 3.41. The summed E-state index contributed by atoms with van der Waals surface area (Å²) in [4.78, 5) is 10.3. The van der Waals surface area contributed by atoms with Crippen LogP contribution < -0.4 is 10.1 Å². The van der Waals surface area contributed by atoms with E-state index in [2.05, 4.69) is 21.2 Å². The molecule has 1 saturated heterocycles. The summed E-state index contributed by atoms with van der Waals surface area (Å²) in [5, 5.41) is 13.9. The van der Waals surface area contributed by atoms with E-state index in [0.717, 1.165) is 19.5 Å². The van der Waals surface area contributed by atoms with Crippen molar-refractivity contribution in [3.63, 3.8) is 0 Å². The fraction of sp³-hybridized carbons (Fsp3) is 0.455. The molecule has 1 unspecified atom stereocenters. The van der Waals surface area contributed by atoms with Crippen molar-refractivity contribution in [1.82, 2.24) is 5.32 Å². The summed E-state index contributed by atoms with van der Waals surface area (Å²) in [6.07, 6.45) is 1.09. The van der Waals surface area contributed by atoms with Gasteiger partial charge in [0.15, 0.2) is 0 Å². The Labute approximate surface area is 107 Å². The van der Waals surface area contributed by atoms with Crippen molar-refractivity contribution in [2.24, 2.45) is 5.92 Å². The van der Waals surface area contributed by atoms with Gasteiger partial charge in [0.1, 0.15) is 5.75 Å². The van der Waals surface area contributed by atoms with Crippen LogP contribution in [0, 0.1) is 16.0 Å². The number of non-ortho nitro benzene ring substituents is 1. The Kier molecular flexibility index (Phi) is 3.96. The minimum Gasteiger partial charge on any atom is -0.493 e. The zero-order valence-electron chi connectivity index (χ0n) is 9.19. The molecule has 1 atom stereocenters. The first-order valence-corrected chi connectivity index (χ1v) is 6.23. The molecule has 1 fully saturated rings. The molecular weight excluding hydrogens is 288 g/mol. The Morgan fingerprint density at radius 3 is 3.00 bits per heavy atom. The summed E-state index contributed by atoms with van der Waals surface area (Å²) in [7, 11) is 0. The van der Waals surface area contributed by atoms with Gasteiger partial charge in [-0.05, 0) is 19.0 Å². The van der Waals surface area contributed by atoms with Gasteiger partial charge >= 0.3 is 0 Å². The van der Waals surface area contributed by atoms with Gasteiger partial charge in [-0.2, -0.15) is 0 Å². The van der Waals surface area contributed by atoms with Crippen LogP contribution in [-0.4, -0.2) is 24.6 Å². The van der Waals surface area contributed by atoms with Crippen LogP contribution in [0.15, 0.2) is 22.7 Å². The van der Waals surface area contributed by atoms with Crippen LogP contribution in [-0.2, 0) is 0 Å². The second-order valence-electron chi connectivity index (χ2n) is 4.07. The lowest BCUT2D eigenvalue weighted by molar-refractivity contribution is -0.385. The van der Waals surface area contributed by atoms with Crippen LogP contribution in [0.1, 0.15) is 6.42 Å². The van der Waals surface area contributed by atoms with E-state index < -0.39 is 4.92 Å². The predicted octanol–water partition coefficient (Wildman–Crippen LogP) is 2.35. The third-order valence-electron chi connectivity index (χ3n) is 2.71. The summed E-state index contributed by atoms with van der Waals surface area (Å²) in [5.41, 5.74) is 0.0407. The molecule has 0 amide bonds. The number of benzene rings is 1. The molecule has 0 bridgehead atoms. The SMILES string of the molecule is O=[N+]([O-])c1cc(Br)cc(OCC2CCNC2)c1. The van der Waals surface area contributed by atoms with Crippen LogP contribution in [0.3, 0.4) is 0 Å². The molecule has 6 heteroatoms. The molecule has 0 radical (unpaired) electrons. The third-order valence-corrected chi connectivity index (χ3v) is 3.17. The highest BCUT2D eigenvalue weighted by Gasteiger charge is 2.16. The van der Waals surface area contributed by atoms with E-state index in [0.29, 0.717) is 22.7 Å². The Hall–Kier alpha value is -1.14. The van der Waals surface area contributed by atoms with E-state index in [1.807, 2.05) is 0 Å². The molecule has 1 aromatic rings. The van der Waals surface area contributed by atoms with Crippen LogP contribution in [0.25, 0.3) is 0 Å². The maximum Gasteiger partial charge on any atom is 0.274 e. The van der Waals surface area contributed by atoms with Crippen molar-refractivity contribution in [1.29, 1.82) is 0 Å². The maximum absolute atomic E-state index is 10.7. The highest BCUT2D eigenvalue weighted by Crippen LogP contribution is 2.26. The number of rotatable bonds is 4. The number of ether oxygens (including phenoxy) is 1. The summed E-state index contributed by atoms with van der Waals surface area (Å²) < 4.78 is 6.25. The smallest absolute Gasteiger partial charge is 0.274 e. The van der Waals surface area contributed by atoms with Crippen molar-refractivity contribution in [3.05, 3.63) is 32.8 Å². The average molecular weight is 301 g/mol. The van der Waals surface area contributed by atoms with E-state index in [4.69, 9.17) is 4.74 Å². The molecular formula is C11H13BrN2O3. The molecule has 1 N–H and O–H groups in total. The summed E-state index contributed by atoms with van der Waals surface area (Å²) >= 11 is 3.24. The lowest BCUT2D eigenvalue weighted by atomic mass is 10.1. The van der Waals surface area contributed by atoms with Gasteiger partial charge in [-0.25, -0.2) is 0 Å². The Bertz CT molecular complexity index is 419. The number of nitro benzene ring substituents is 1. The first-order valence-electron chi connectivity index (χ1n) is 5.43. The van der Waals surface area contributed by atoms with E-state index in [-0.39, 0.29) is 5.69 Å². The quantitative estimate of drug-likeness (QED) is 0.685. The molecule has 0 spiro atoms. The first-order chi connectivity index (χ1) is 8.15. The molecule has 0 aromatic heterocycles. The van der Waals surface area contributed by atoms with Crippen molar-refractivity contribution in [2.75, 3.05) is 19.7 Å². The van der Waals surface area contributed by atoms with Crippen LogP contribution in [0.2, 0.25) is 0 Å². The number of nitrogens with zero attached hydrogens (tertiary/aromatic N) is 1. The molecule has 92 valence electrons. The van der Waals surface area contributed by atoms with Gasteiger partial charge in [0.05, 0.1) is 17.6 Å². The van der Waals surface area contributed by atoms with E-state index >= 15 is 0 Å². The largest absolute Gasteiger partial charge is 0.493 e. The fourth-order valence-electron chi connectivity index (χ4n) is 1.81. The van der Waals surface area contributed by atoms with Crippen LogP contribution in [0.4, 0.5) is 5.69 Å². The molecule has 1 heterocycles. The number of hydrogen-bond acceptors (Lipinski definition) is 4. The van der Waals surface area contributed by atoms with Crippen molar-refractivity contribution >= 4 is 21.6 Å². The molecule has 2 rings (SSSR count). The van der Waals surface area contributed by atoms with Gasteiger partial charge in [-0.1, -0.05) is 15.9 Å². The summed E-state index contributed by atoms with van der Waals surface area (Å²) in [6, 6.07) is 4.66. The Morgan fingerprint density at radius 2 is 2.35 bits per heavy atom. The van der Waals surface area contributed by atoms with Gasteiger partial charge < -0.3 is 10.1 Å². The van der Waals surface area contributed by atoms with Crippen LogP contribution >= 0.6 is 15.9 Å². The van der Waals surface area contributed by atoms with Gasteiger partial charge in [0.2, 0.25) is 0 Å². The van der Waals surface area contributed by atoms with Crippen LogP contribution in [0.5, 0.6) is 5.75 Å². The molecule has 1 aliphatic rings.